The molecule has 0 radical (unpaired) electrons. The molecule has 1 aliphatic rings. The summed E-state index contributed by atoms with van der Waals surface area (Å²) in [4.78, 5) is 23.5. The molecule has 1 saturated heterocycles. The van der Waals surface area contributed by atoms with E-state index in [-0.39, 0.29) is 11.5 Å². The van der Waals surface area contributed by atoms with E-state index in [2.05, 4.69) is 19.8 Å². The molecule has 1 aliphatic heterocycles. The number of pyridine rings is 1. The molecule has 0 aliphatic carbocycles. The lowest BCUT2D eigenvalue weighted by Gasteiger charge is -2.35. The first-order valence-electron chi connectivity index (χ1n) is 8.42. The van der Waals surface area contributed by atoms with Gasteiger partial charge in [0.15, 0.2) is 5.13 Å². The molecule has 2 aromatic heterocycles. The fourth-order valence-corrected chi connectivity index (χ4v) is 3.85. The molecule has 7 nitrogen and oxygen atoms in total. The lowest BCUT2D eigenvalue weighted by atomic mass is 10.2. The summed E-state index contributed by atoms with van der Waals surface area (Å²) in [5.74, 6) is 0.483. The highest BCUT2D eigenvalue weighted by molar-refractivity contribution is 7.14. The lowest BCUT2D eigenvalue weighted by Crippen LogP contribution is -2.46. The number of nitro groups is 1. The Morgan fingerprint density at radius 2 is 1.74 bits per heavy atom. The zero-order valence-corrected chi connectivity index (χ0v) is 15.1. The average molecular weight is 385 g/mol. The van der Waals surface area contributed by atoms with Crippen LogP contribution in [0.15, 0.2) is 48.0 Å². The number of benzene rings is 1. The number of hydrogen-bond donors (Lipinski definition) is 0. The highest BCUT2D eigenvalue weighted by Crippen LogP contribution is 2.28. The van der Waals surface area contributed by atoms with E-state index in [4.69, 9.17) is 0 Å². The van der Waals surface area contributed by atoms with E-state index < -0.39 is 4.92 Å². The summed E-state index contributed by atoms with van der Waals surface area (Å²) < 4.78 is 13.1. The van der Waals surface area contributed by atoms with Crippen LogP contribution >= 0.6 is 11.3 Å². The van der Waals surface area contributed by atoms with Crippen LogP contribution < -0.4 is 9.80 Å². The molecule has 0 spiro atoms. The molecule has 0 atom stereocenters. The summed E-state index contributed by atoms with van der Waals surface area (Å²) in [6, 6.07) is 9.49. The summed E-state index contributed by atoms with van der Waals surface area (Å²) in [5, 5.41) is 13.6. The SMILES string of the molecule is O=[N+]([O-])c1ccc(N2CCN(c3nc(-c4ccc(F)cc4)cs3)CC2)nc1. The third-order valence-electron chi connectivity index (χ3n) is 4.45. The largest absolute Gasteiger partial charge is 0.353 e. The molecule has 0 amide bonds. The number of aromatic nitrogens is 2. The Hall–Kier alpha value is -3.07. The number of piperazine rings is 1. The fourth-order valence-electron chi connectivity index (χ4n) is 2.96. The Balaban J connectivity index is 1.40. The molecule has 3 aromatic rings. The molecule has 27 heavy (non-hydrogen) atoms. The molecule has 1 aromatic carbocycles. The van der Waals surface area contributed by atoms with Crippen LogP contribution in [-0.4, -0.2) is 41.1 Å². The Labute approximate surface area is 158 Å². The molecule has 4 rings (SSSR count). The molecular formula is C18H16FN5O2S. The van der Waals surface area contributed by atoms with Gasteiger partial charge in [-0.3, -0.25) is 10.1 Å². The van der Waals surface area contributed by atoms with Gasteiger partial charge in [0, 0.05) is 43.2 Å². The number of thiazole rings is 1. The molecule has 1 fully saturated rings. The monoisotopic (exact) mass is 385 g/mol. The second-order valence-corrected chi connectivity index (χ2v) is 6.96. The second kappa shape index (κ2) is 7.28. The van der Waals surface area contributed by atoms with Gasteiger partial charge in [-0.15, -0.1) is 11.3 Å². The van der Waals surface area contributed by atoms with E-state index >= 15 is 0 Å². The minimum Gasteiger partial charge on any atom is -0.353 e. The van der Waals surface area contributed by atoms with Gasteiger partial charge in [0.2, 0.25) is 0 Å². The van der Waals surface area contributed by atoms with Gasteiger partial charge in [-0.05, 0) is 30.3 Å². The Bertz CT molecular complexity index is 937. The van der Waals surface area contributed by atoms with Crippen LogP contribution in [0.3, 0.4) is 0 Å². The first kappa shape index (κ1) is 17.3. The summed E-state index contributed by atoms with van der Waals surface area (Å²) in [7, 11) is 0. The van der Waals surface area contributed by atoms with Crippen LogP contribution in [0.1, 0.15) is 0 Å². The number of hydrogen-bond acceptors (Lipinski definition) is 7. The molecule has 0 bridgehead atoms. The van der Waals surface area contributed by atoms with Crippen molar-refractivity contribution in [1.82, 2.24) is 9.97 Å². The van der Waals surface area contributed by atoms with Crippen molar-refractivity contribution in [1.29, 1.82) is 0 Å². The molecular weight excluding hydrogens is 369 g/mol. The molecule has 138 valence electrons. The second-order valence-electron chi connectivity index (χ2n) is 6.13. The molecule has 0 saturated carbocycles. The van der Waals surface area contributed by atoms with Crippen LogP contribution in [0.2, 0.25) is 0 Å². The molecule has 0 unspecified atom stereocenters. The van der Waals surface area contributed by atoms with Crippen LogP contribution in [0.25, 0.3) is 11.3 Å². The smallest absolute Gasteiger partial charge is 0.287 e. The van der Waals surface area contributed by atoms with Crippen molar-refractivity contribution in [2.75, 3.05) is 36.0 Å². The predicted molar refractivity (Wildman–Crippen MR) is 103 cm³/mol. The molecule has 0 N–H and O–H groups in total. The Morgan fingerprint density at radius 3 is 2.37 bits per heavy atom. The minimum atomic E-state index is -0.449. The summed E-state index contributed by atoms with van der Waals surface area (Å²) in [5.41, 5.74) is 1.73. The van der Waals surface area contributed by atoms with Crippen molar-refractivity contribution in [2.24, 2.45) is 0 Å². The maximum absolute atomic E-state index is 13.1. The van der Waals surface area contributed by atoms with E-state index in [1.54, 1.807) is 29.5 Å². The van der Waals surface area contributed by atoms with E-state index in [1.165, 1.54) is 24.4 Å². The third-order valence-corrected chi connectivity index (χ3v) is 5.35. The van der Waals surface area contributed by atoms with Crippen molar-refractivity contribution in [2.45, 2.75) is 0 Å². The Morgan fingerprint density at radius 1 is 1.04 bits per heavy atom. The van der Waals surface area contributed by atoms with Gasteiger partial charge in [-0.2, -0.15) is 0 Å². The zero-order chi connectivity index (χ0) is 18.8. The van der Waals surface area contributed by atoms with Crippen molar-refractivity contribution in [3.8, 4) is 11.3 Å². The van der Waals surface area contributed by atoms with Gasteiger partial charge in [-0.1, -0.05) is 0 Å². The number of rotatable bonds is 4. The molecule has 9 heteroatoms. The van der Waals surface area contributed by atoms with Crippen LogP contribution in [0.5, 0.6) is 0 Å². The van der Waals surface area contributed by atoms with Crippen molar-refractivity contribution >= 4 is 28.0 Å². The standard InChI is InChI=1S/C18H16FN5O2S/c19-14-3-1-13(2-4-14)16-12-27-18(21-16)23-9-7-22(8-10-23)17-6-5-15(11-20-17)24(25)26/h1-6,11-12H,7-10H2. The third kappa shape index (κ3) is 3.72. The van der Waals surface area contributed by atoms with Gasteiger partial charge < -0.3 is 9.80 Å². The Kier molecular flexibility index (Phi) is 4.68. The lowest BCUT2D eigenvalue weighted by molar-refractivity contribution is -0.385. The predicted octanol–water partition coefficient (Wildman–Crippen LogP) is 3.58. The van der Waals surface area contributed by atoms with E-state index in [1.807, 2.05) is 5.38 Å². The topological polar surface area (TPSA) is 75.4 Å². The number of halogens is 1. The van der Waals surface area contributed by atoms with Gasteiger partial charge in [0.25, 0.3) is 5.69 Å². The number of anilines is 2. The highest BCUT2D eigenvalue weighted by atomic mass is 32.1. The van der Waals surface area contributed by atoms with E-state index in [0.717, 1.165) is 48.4 Å². The van der Waals surface area contributed by atoms with E-state index in [9.17, 15) is 14.5 Å². The van der Waals surface area contributed by atoms with Gasteiger partial charge in [0.1, 0.15) is 17.8 Å². The first-order chi connectivity index (χ1) is 13.1. The number of nitrogens with zero attached hydrogens (tertiary/aromatic N) is 5. The molecule has 3 heterocycles. The normalized spacial score (nSPS) is 14.4. The summed E-state index contributed by atoms with van der Waals surface area (Å²) in [6.45, 7) is 3.09. The van der Waals surface area contributed by atoms with Crippen molar-refractivity contribution < 1.29 is 9.31 Å². The quantitative estimate of drug-likeness (QED) is 0.505. The van der Waals surface area contributed by atoms with Gasteiger partial charge in [0.05, 0.1) is 10.6 Å². The van der Waals surface area contributed by atoms with Gasteiger partial charge in [-0.25, -0.2) is 14.4 Å². The van der Waals surface area contributed by atoms with Crippen molar-refractivity contribution in [3.05, 3.63) is 63.9 Å². The van der Waals surface area contributed by atoms with Crippen LogP contribution in [-0.2, 0) is 0 Å². The highest BCUT2D eigenvalue weighted by Gasteiger charge is 2.21. The van der Waals surface area contributed by atoms with Gasteiger partial charge >= 0.3 is 0 Å². The zero-order valence-electron chi connectivity index (χ0n) is 14.3. The maximum atomic E-state index is 13.1. The van der Waals surface area contributed by atoms with Crippen LogP contribution in [0, 0.1) is 15.9 Å². The maximum Gasteiger partial charge on any atom is 0.287 e. The fraction of sp³-hybridized carbons (Fsp3) is 0.222. The summed E-state index contributed by atoms with van der Waals surface area (Å²) in [6.07, 6.45) is 1.29. The average Bonchev–Trinajstić information content (AvgIpc) is 3.19. The minimum absolute atomic E-state index is 0.00602. The first-order valence-corrected chi connectivity index (χ1v) is 9.30. The van der Waals surface area contributed by atoms with Crippen molar-refractivity contribution in [3.63, 3.8) is 0 Å². The summed E-state index contributed by atoms with van der Waals surface area (Å²) >= 11 is 1.57. The van der Waals surface area contributed by atoms with E-state index in [0.29, 0.717) is 0 Å². The van der Waals surface area contributed by atoms with Crippen LogP contribution in [0.4, 0.5) is 21.0 Å².